The summed E-state index contributed by atoms with van der Waals surface area (Å²) >= 11 is 0. The van der Waals surface area contributed by atoms with Crippen LogP contribution in [-0.4, -0.2) is 65.8 Å². The number of aromatic nitrogens is 4. The molecule has 0 aromatic carbocycles. The number of amides is 1. The lowest BCUT2D eigenvalue weighted by Gasteiger charge is -2.36. The summed E-state index contributed by atoms with van der Waals surface area (Å²) < 4.78 is 56.2. The molecule has 4 aromatic heterocycles. The van der Waals surface area contributed by atoms with E-state index in [0.29, 0.717) is 22.6 Å². The van der Waals surface area contributed by atoms with Gasteiger partial charge in [0, 0.05) is 37.1 Å². The van der Waals surface area contributed by atoms with Gasteiger partial charge in [0.25, 0.3) is 12.3 Å². The van der Waals surface area contributed by atoms with Crippen LogP contribution in [-0.2, 0) is 21.1 Å². The molecule has 0 bridgehead atoms. The SMILES string of the molecule is C[C@@H]1CN(c2cccc(-c3ccc4cnc(CNC(=O)c5cnc(C(F)F)c(S(C)(=O)=O)c5)cc4n3)n2)C[C@H](C)O1. The normalized spacial score (nSPS) is 17.7. The van der Waals surface area contributed by atoms with Gasteiger partial charge < -0.3 is 15.0 Å². The quantitative estimate of drug-likeness (QED) is 0.344. The summed E-state index contributed by atoms with van der Waals surface area (Å²) in [5.41, 5.74) is 1.47. The Morgan fingerprint density at radius 1 is 1.05 bits per heavy atom. The molecule has 10 nitrogen and oxygen atoms in total. The van der Waals surface area contributed by atoms with Crippen LogP contribution in [0.25, 0.3) is 22.3 Å². The number of nitrogens with zero attached hydrogens (tertiary/aromatic N) is 5. The molecule has 1 saturated heterocycles. The molecule has 0 saturated carbocycles. The number of hydrogen-bond acceptors (Lipinski definition) is 9. The van der Waals surface area contributed by atoms with E-state index in [1.165, 1.54) is 0 Å². The number of nitrogens with one attached hydrogen (secondary N) is 1. The Hall–Kier alpha value is -4.10. The summed E-state index contributed by atoms with van der Waals surface area (Å²) in [7, 11) is -4.02. The highest BCUT2D eigenvalue weighted by atomic mass is 32.2. The number of morpholine rings is 1. The molecule has 0 aliphatic carbocycles. The lowest BCUT2D eigenvalue weighted by molar-refractivity contribution is -0.00545. The maximum absolute atomic E-state index is 13.2. The Balaban J connectivity index is 1.34. The van der Waals surface area contributed by atoms with Gasteiger partial charge in [0.2, 0.25) is 0 Å². The van der Waals surface area contributed by atoms with Crippen LogP contribution in [0, 0.1) is 0 Å². The summed E-state index contributed by atoms with van der Waals surface area (Å²) in [6.45, 7) is 5.56. The molecule has 1 fully saturated rings. The second-order valence-corrected chi connectivity index (χ2v) is 12.0. The lowest BCUT2D eigenvalue weighted by atomic mass is 10.1. The fraction of sp³-hybridized carbons (Fsp3) is 0.321. The third kappa shape index (κ3) is 6.46. The minimum absolute atomic E-state index is 0.00732. The van der Waals surface area contributed by atoms with E-state index in [2.05, 4.69) is 20.2 Å². The highest BCUT2D eigenvalue weighted by Gasteiger charge is 2.25. The largest absolute Gasteiger partial charge is 0.372 e. The van der Waals surface area contributed by atoms with Crippen molar-refractivity contribution in [1.29, 1.82) is 0 Å². The van der Waals surface area contributed by atoms with Crippen LogP contribution < -0.4 is 10.2 Å². The van der Waals surface area contributed by atoms with Gasteiger partial charge in [-0.15, -0.1) is 0 Å². The molecule has 1 amide bonds. The molecule has 214 valence electrons. The standard InChI is InChI=1S/C28H28F2N6O4S/c1-16-14-36(15-17(2)40-16)25-6-4-5-21(35-25)22-8-7-18-11-31-20(10-23(18)34-22)13-33-28(37)19-9-24(41(3,38)39)26(27(29)30)32-12-19/h4-12,16-17,27H,13-15H2,1-3H3,(H,33,37)/t16-,17+. The summed E-state index contributed by atoms with van der Waals surface area (Å²) in [4.78, 5) is 31.7. The first-order valence-electron chi connectivity index (χ1n) is 12.9. The number of ether oxygens (including phenoxy) is 1. The van der Waals surface area contributed by atoms with Crippen LogP contribution in [0.3, 0.4) is 0 Å². The minimum atomic E-state index is -4.02. The predicted octanol–water partition coefficient (Wildman–Crippen LogP) is 3.97. The van der Waals surface area contributed by atoms with Crippen molar-refractivity contribution in [1.82, 2.24) is 25.3 Å². The van der Waals surface area contributed by atoms with Crippen molar-refractivity contribution in [3.05, 3.63) is 71.8 Å². The average molecular weight is 583 g/mol. The van der Waals surface area contributed by atoms with Gasteiger partial charge in [0.05, 0.1) is 51.8 Å². The second-order valence-electron chi connectivity index (χ2n) is 9.97. The highest BCUT2D eigenvalue weighted by molar-refractivity contribution is 7.90. The van der Waals surface area contributed by atoms with Gasteiger partial charge in [-0.1, -0.05) is 6.07 Å². The van der Waals surface area contributed by atoms with Crippen molar-refractivity contribution in [2.75, 3.05) is 24.2 Å². The Kier molecular flexibility index (Phi) is 7.91. The zero-order valence-electron chi connectivity index (χ0n) is 22.6. The maximum Gasteiger partial charge on any atom is 0.281 e. The van der Waals surface area contributed by atoms with E-state index < -0.39 is 32.8 Å². The summed E-state index contributed by atoms with van der Waals surface area (Å²) in [6, 6.07) is 12.2. The number of fused-ring (bicyclic) bond motifs is 1. The molecule has 41 heavy (non-hydrogen) atoms. The number of rotatable bonds is 7. The summed E-state index contributed by atoms with van der Waals surface area (Å²) in [6.07, 6.45) is 0.447. The number of halogens is 2. The number of anilines is 1. The van der Waals surface area contributed by atoms with Gasteiger partial charge in [-0.05, 0) is 50.2 Å². The van der Waals surface area contributed by atoms with Gasteiger partial charge in [-0.25, -0.2) is 27.2 Å². The molecule has 5 heterocycles. The molecule has 0 radical (unpaired) electrons. The van der Waals surface area contributed by atoms with Crippen molar-refractivity contribution in [3.8, 4) is 11.4 Å². The molecule has 2 atom stereocenters. The predicted molar refractivity (Wildman–Crippen MR) is 148 cm³/mol. The minimum Gasteiger partial charge on any atom is -0.372 e. The molecule has 4 aromatic rings. The summed E-state index contributed by atoms with van der Waals surface area (Å²) in [5, 5.41) is 3.42. The van der Waals surface area contributed by atoms with Gasteiger partial charge in [-0.2, -0.15) is 0 Å². The Morgan fingerprint density at radius 2 is 1.78 bits per heavy atom. The monoisotopic (exact) mass is 582 g/mol. The number of carbonyl (C=O) groups excluding carboxylic acids is 1. The number of carbonyl (C=O) groups is 1. The van der Waals surface area contributed by atoms with Crippen molar-refractivity contribution in [2.24, 2.45) is 0 Å². The van der Waals surface area contributed by atoms with Gasteiger partial charge >= 0.3 is 0 Å². The van der Waals surface area contributed by atoms with Crippen molar-refractivity contribution in [3.63, 3.8) is 0 Å². The first-order chi connectivity index (χ1) is 19.5. The van der Waals surface area contributed by atoms with E-state index in [9.17, 15) is 22.0 Å². The molecule has 13 heteroatoms. The second kappa shape index (κ2) is 11.4. The Morgan fingerprint density at radius 3 is 2.49 bits per heavy atom. The first kappa shape index (κ1) is 28.4. The number of hydrogen-bond donors (Lipinski definition) is 1. The lowest BCUT2D eigenvalue weighted by Crippen LogP contribution is -2.45. The van der Waals surface area contributed by atoms with Crippen molar-refractivity contribution >= 4 is 32.5 Å². The maximum atomic E-state index is 13.2. The van der Waals surface area contributed by atoms with Crippen LogP contribution in [0.5, 0.6) is 0 Å². The van der Waals surface area contributed by atoms with Crippen molar-refractivity contribution in [2.45, 2.75) is 43.9 Å². The molecule has 1 aliphatic heterocycles. The van der Waals surface area contributed by atoms with E-state index in [4.69, 9.17) is 14.7 Å². The smallest absolute Gasteiger partial charge is 0.281 e. The molecule has 0 unspecified atom stereocenters. The van der Waals surface area contributed by atoms with E-state index >= 15 is 0 Å². The van der Waals surface area contributed by atoms with Crippen LogP contribution >= 0.6 is 0 Å². The zero-order chi connectivity index (χ0) is 29.3. The molecule has 5 rings (SSSR count). The molecular formula is C28H28F2N6O4S. The average Bonchev–Trinajstić information content (AvgIpc) is 2.94. The zero-order valence-corrected chi connectivity index (χ0v) is 23.4. The molecule has 1 N–H and O–H groups in total. The summed E-state index contributed by atoms with van der Waals surface area (Å²) in [5.74, 6) is 0.166. The number of sulfone groups is 1. The van der Waals surface area contributed by atoms with E-state index in [1.54, 1.807) is 12.3 Å². The fourth-order valence-corrected chi connectivity index (χ4v) is 5.58. The van der Waals surface area contributed by atoms with E-state index in [-0.39, 0.29) is 24.3 Å². The fourth-order valence-electron chi connectivity index (χ4n) is 4.72. The first-order valence-corrected chi connectivity index (χ1v) is 14.8. The van der Waals surface area contributed by atoms with Gasteiger partial charge in [0.1, 0.15) is 11.5 Å². The Bertz CT molecular complexity index is 1710. The topological polar surface area (TPSA) is 127 Å². The highest BCUT2D eigenvalue weighted by Crippen LogP contribution is 2.26. The molecule has 0 spiro atoms. The van der Waals surface area contributed by atoms with Crippen LogP contribution in [0.4, 0.5) is 14.6 Å². The third-order valence-corrected chi connectivity index (χ3v) is 7.68. The van der Waals surface area contributed by atoms with Crippen LogP contribution in [0.15, 0.2) is 59.8 Å². The molecule has 1 aliphatic rings. The van der Waals surface area contributed by atoms with Gasteiger partial charge in [0.15, 0.2) is 9.84 Å². The van der Waals surface area contributed by atoms with Gasteiger partial charge in [-0.3, -0.25) is 14.8 Å². The van der Waals surface area contributed by atoms with E-state index in [0.717, 1.165) is 42.8 Å². The van der Waals surface area contributed by atoms with Crippen LogP contribution in [0.1, 0.15) is 42.0 Å². The van der Waals surface area contributed by atoms with Crippen LogP contribution in [0.2, 0.25) is 0 Å². The Labute approximate surface area is 235 Å². The number of pyridine rings is 4. The number of alkyl halides is 2. The third-order valence-electron chi connectivity index (χ3n) is 6.55. The van der Waals surface area contributed by atoms with Crippen molar-refractivity contribution < 1.29 is 26.7 Å². The van der Waals surface area contributed by atoms with E-state index in [1.807, 2.05) is 44.2 Å². The molecular weight excluding hydrogens is 554 g/mol.